The number of nitrogens with two attached hydrogens (primary N) is 1. The molecule has 56 valence electrons. The molecule has 0 saturated heterocycles. The molecule has 0 amide bonds. The summed E-state index contributed by atoms with van der Waals surface area (Å²) in [5.74, 6) is 0. The molecule has 0 radical (unpaired) electrons. The predicted octanol–water partition coefficient (Wildman–Crippen LogP) is 2.79. The average molecular weight is 163 g/mol. The van der Waals surface area contributed by atoms with Crippen LogP contribution in [0.2, 0.25) is 0 Å². The van der Waals surface area contributed by atoms with Gasteiger partial charge in [-0.25, -0.2) is 0 Å². The highest BCUT2D eigenvalue weighted by Crippen LogP contribution is 2.28. The molecule has 0 aliphatic carbocycles. The van der Waals surface area contributed by atoms with Crippen LogP contribution in [-0.2, 0) is 0 Å². The van der Waals surface area contributed by atoms with Crippen molar-refractivity contribution in [3.05, 3.63) is 29.1 Å². The van der Waals surface area contributed by atoms with Crippen LogP contribution in [0.5, 0.6) is 0 Å². The molecule has 1 aromatic carbocycles. The van der Waals surface area contributed by atoms with Crippen molar-refractivity contribution in [3.63, 3.8) is 0 Å². The van der Waals surface area contributed by atoms with Crippen LogP contribution in [0.25, 0.3) is 10.1 Å². The van der Waals surface area contributed by atoms with Gasteiger partial charge in [-0.15, -0.1) is 11.3 Å². The maximum Gasteiger partial charge on any atom is 0.0402 e. The fourth-order valence-electron chi connectivity index (χ4n) is 1.22. The maximum absolute atomic E-state index is 5.78. The fraction of sp³-hybridized carbons (Fsp3) is 0.111. The van der Waals surface area contributed by atoms with Crippen molar-refractivity contribution >= 4 is 27.1 Å². The van der Waals surface area contributed by atoms with Crippen LogP contribution >= 0.6 is 11.3 Å². The van der Waals surface area contributed by atoms with E-state index in [0.717, 1.165) is 5.69 Å². The second-order valence-electron chi connectivity index (χ2n) is 2.64. The highest BCUT2D eigenvalue weighted by atomic mass is 32.1. The molecular formula is C9H9NS. The normalized spacial score (nSPS) is 10.6. The number of aryl methyl sites for hydroxylation is 1. The number of nitrogen functional groups attached to an aromatic ring is 1. The van der Waals surface area contributed by atoms with Crippen molar-refractivity contribution in [3.8, 4) is 0 Å². The highest BCUT2D eigenvalue weighted by Gasteiger charge is 2.00. The van der Waals surface area contributed by atoms with Gasteiger partial charge in [-0.05, 0) is 30.0 Å². The van der Waals surface area contributed by atoms with Gasteiger partial charge < -0.3 is 5.73 Å². The molecule has 11 heavy (non-hydrogen) atoms. The number of rotatable bonds is 0. The second-order valence-corrected chi connectivity index (χ2v) is 3.55. The molecule has 0 fully saturated rings. The molecule has 0 bridgehead atoms. The Morgan fingerprint density at radius 2 is 2.09 bits per heavy atom. The van der Waals surface area contributed by atoms with E-state index < -0.39 is 0 Å². The quantitative estimate of drug-likeness (QED) is 0.594. The summed E-state index contributed by atoms with van der Waals surface area (Å²) in [4.78, 5) is 0. The lowest BCUT2D eigenvalue weighted by Gasteiger charge is -1.97. The molecule has 2 rings (SSSR count). The molecule has 1 nitrogen and oxygen atoms in total. The topological polar surface area (TPSA) is 26.0 Å². The SMILES string of the molecule is Cc1ccc(N)c2ccsc12. The van der Waals surface area contributed by atoms with E-state index in [9.17, 15) is 0 Å². The largest absolute Gasteiger partial charge is 0.398 e. The average Bonchev–Trinajstić information content (AvgIpc) is 2.45. The van der Waals surface area contributed by atoms with Gasteiger partial charge in [0.05, 0.1) is 0 Å². The molecule has 0 unspecified atom stereocenters. The molecule has 0 saturated carbocycles. The first-order valence-electron chi connectivity index (χ1n) is 3.51. The van der Waals surface area contributed by atoms with Crippen molar-refractivity contribution in [2.45, 2.75) is 6.92 Å². The van der Waals surface area contributed by atoms with E-state index in [4.69, 9.17) is 5.73 Å². The zero-order valence-electron chi connectivity index (χ0n) is 6.29. The van der Waals surface area contributed by atoms with E-state index in [2.05, 4.69) is 24.4 Å². The lowest BCUT2D eigenvalue weighted by Crippen LogP contribution is -1.84. The first-order valence-corrected chi connectivity index (χ1v) is 4.39. The molecule has 1 heterocycles. The van der Waals surface area contributed by atoms with Crippen molar-refractivity contribution < 1.29 is 0 Å². The first kappa shape index (κ1) is 6.68. The third-order valence-electron chi connectivity index (χ3n) is 1.85. The van der Waals surface area contributed by atoms with E-state index in [-0.39, 0.29) is 0 Å². The molecular weight excluding hydrogens is 154 g/mol. The Kier molecular flexibility index (Phi) is 1.36. The third-order valence-corrected chi connectivity index (χ3v) is 2.90. The van der Waals surface area contributed by atoms with Gasteiger partial charge in [0, 0.05) is 15.8 Å². The third kappa shape index (κ3) is 0.906. The second kappa shape index (κ2) is 2.24. The molecule has 2 aromatic rings. The lowest BCUT2D eigenvalue weighted by molar-refractivity contribution is 1.56. The molecule has 2 heteroatoms. The van der Waals surface area contributed by atoms with Gasteiger partial charge in [0.2, 0.25) is 0 Å². The predicted molar refractivity (Wildman–Crippen MR) is 51.0 cm³/mol. The van der Waals surface area contributed by atoms with Crippen LogP contribution in [0.15, 0.2) is 23.6 Å². The molecule has 0 spiro atoms. The molecule has 0 atom stereocenters. The van der Waals surface area contributed by atoms with Gasteiger partial charge in [0.15, 0.2) is 0 Å². The van der Waals surface area contributed by atoms with Crippen LogP contribution in [0, 0.1) is 6.92 Å². The molecule has 0 aliphatic heterocycles. The van der Waals surface area contributed by atoms with Crippen molar-refractivity contribution in [2.75, 3.05) is 5.73 Å². The van der Waals surface area contributed by atoms with E-state index in [1.54, 1.807) is 11.3 Å². The minimum atomic E-state index is 0.881. The van der Waals surface area contributed by atoms with Gasteiger partial charge in [0.1, 0.15) is 0 Å². The summed E-state index contributed by atoms with van der Waals surface area (Å²) in [6.45, 7) is 2.11. The number of thiophene rings is 1. The zero-order valence-corrected chi connectivity index (χ0v) is 7.11. The Morgan fingerprint density at radius 1 is 1.27 bits per heavy atom. The highest BCUT2D eigenvalue weighted by molar-refractivity contribution is 7.17. The van der Waals surface area contributed by atoms with E-state index in [0.29, 0.717) is 0 Å². The van der Waals surface area contributed by atoms with Crippen molar-refractivity contribution in [1.82, 2.24) is 0 Å². The van der Waals surface area contributed by atoms with E-state index in [1.165, 1.54) is 15.6 Å². The monoisotopic (exact) mass is 163 g/mol. The van der Waals surface area contributed by atoms with E-state index >= 15 is 0 Å². The summed E-state index contributed by atoms with van der Waals surface area (Å²) in [6.07, 6.45) is 0. The Bertz CT molecular complexity index is 353. The Morgan fingerprint density at radius 3 is 2.82 bits per heavy atom. The minimum absolute atomic E-state index is 0.881. The Hall–Kier alpha value is -1.02. The van der Waals surface area contributed by atoms with Gasteiger partial charge in [-0.1, -0.05) is 6.07 Å². The number of hydrogen-bond donors (Lipinski definition) is 1. The molecule has 0 aliphatic rings. The summed E-state index contributed by atoms with van der Waals surface area (Å²) in [5, 5.41) is 3.27. The van der Waals surface area contributed by atoms with Crippen LogP contribution in [0.1, 0.15) is 5.56 Å². The summed E-state index contributed by atoms with van der Waals surface area (Å²) in [5.41, 5.74) is 7.97. The van der Waals surface area contributed by atoms with Gasteiger partial charge in [-0.2, -0.15) is 0 Å². The van der Waals surface area contributed by atoms with Crippen LogP contribution in [0.3, 0.4) is 0 Å². The summed E-state index contributed by atoms with van der Waals surface area (Å²) < 4.78 is 1.31. The van der Waals surface area contributed by atoms with Crippen LogP contribution in [-0.4, -0.2) is 0 Å². The molecule has 1 aromatic heterocycles. The Labute approximate surface area is 69.5 Å². The zero-order chi connectivity index (χ0) is 7.84. The van der Waals surface area contributed by atoms with Crippen LogP contribution in [0.4, 0.5) is 5.69 Å². The number of fused-ring (bicyclic) bond motifs is 1. The number of hydrogen-bond acceptors (Lipinski definition) is 2. The summed E-state index contributed by atoms with van der Waals surface area (Å²) in [6, 6.07) is 6.10. The number of anilines is 1. The van der Waals surface area contributed by atoms with Crippen molar-refractivity contribution in [1.29, 1.82) is 0 Å². The minimum Gasteiger partial charge on any atom is -0.398 e. The molecule has 2 N–H and O–H groups in total. The Balaban J connectivity index is 2.96. The van der Waals surface area contributed by atoms with Gasteiger partial charge in [0.25, 0.3) is 0 Å². The fourth-order valence-corrected chi connectivity index (χ4v) is 2.13. The summed E-state index contributed by atoms with van der Waals surface area (Å²) >= 11 is 1.75. The standard InChI is InChI=1S/C9H9NS/c1-6-2-3-8(10)7-4-5-11-9(6)7/h2-5H,10H2,1H3. The summed E-state index contributed by atoms with van der Waals surface area (Å²) in [7, 11) is 0. The number of benzene rings is 1. The first-order chi connectivity index (χ1) is 5.29. The van der Waals surface area contributed by atoms with Crippen molar-refractivity contribution in [2.24, 2.45) is 0 Å². The van der Waals surface area contributed by atoms with Gasteiger partial charge in [-0.3, -0.25) is 0 Å². The van der Waals surface area contributed by atoms with Gasteiger partial charge >= 0.3 is 0 Å². The van der Waals surface area contributed by atoms with E-state index in [1.807, 2.05) is 6.07 Å². The maximum atomic E-state index is 5.78. The van der Waals surface area contributed by atoms with Crippen LogP contribution < -0.4 is 5.73 Å². The lowest BCUT2D eigenvalue weighted by atomic mass is 10.1. The smallest absolute Gasteiger partial charge is 0.0402 e.